The molecule has 1 N–H and O–H groups in total. The Morgan fingerprint density at radius 1 is 1.17 bits per heavy atom. The molecule has 0 aromatic heterocycles. The Labute approximate surface area is 142 Å². The summed E-state index contributed by atoms with van der Waals surface area (Å²) in [6.45, 7) is 6.45. The molecule has 2 fully saturated rings. The maximum absolute atomic E-state index is 12.6. The standard InChI is InChI=1S/C18H25N3O3/c1-12-4-5-13(2)14(8-12)9-20-6-7-21-15(10-20)17(23)19(3)16(11-22)18(21)24/h4-5,8,15-16,22H,6-7,9-11H2,1-3H3/t15-,16+/m1/s1. The van der Waals surface area contributed by atoms with Gasteiger partial charge in [0, 0.05) is 33.2 Å². The molecule has 1 aromatic carbocycles. The number of rotatable bonds is 3. The minimum atomic E-state index is -0.737. The smallest absolute Gasteiger partial charge is 0.248 e. The van der Waals surface area contributed by atoms with E-state index in [0.717, 1.165) is 13.1 Å². The fourth-order valence-corrected chi connectivity index (χ4v) is 3.62. The number of carbonyl (C=O) groups is 2. The fraction of sp³-hybridized carbons (Fsp3) is 0.556. The second kappa shape index (κ2) is 6.53. The van der Waals surface area contributed by atoms with Crippen molar-refractivity contribution >= 4 is 11.8 Å². The Morgan fingerprint density at radius 2 is 1.92 bits per heavy atom. The highest BCUT2D eigenvalue weighted by atomic mass is 16.3. The summed E-state index contributed by atoms with van der Waals surface area (Å²) in [5.74, 6) is -0.227. The third kappa shape index (κ3) is 2.91. The lowest BCUT2D eigenvalue weighted by Gasteiger charge is -2.48. The minimum absolute atomic E-state index is 0.0840. The van der Waals surface area contributed by atoms with Gasteiger partial charge in [-0.25, -0.2) is 0 Å². The van der Waals surface area contributed by atoms with Crippen molar-refractivity contribution in [2.24, 2.45) is 0 Å². The lowest BCUT2D eigenvalue weighted by Crippen LogP contribution is -2.69. The fourth-order valence-electron chi connectivity index (χ4n) is 3.62. The van der Waals surface area contributed by atoms with E-state index < -0.39 is 12.1 Å². The molecule has 2 aliphatic heterocycles. The molecule has 0 bridgehead atoms. The number of carbonyl (C=O) groups excluding carboxylic acids is 2. The molecule has 2 heterocycles. The van der Waals surface area contributed by atoms with Gasteiger partial charge in [0.15, 0.2) is 0 Å². The van der Waals surface area contributed by atoms with Gasteiger partial charge in [-0.3, -0.25) is 14.5 Å². The normalized spacial score (nSPS) is 25.2. The summed E-state index contributed by atoms with van der Waals surface area (Å²) < 4.78 is 0. The van der Waals surface area contributed by atoms with Gasteiger partial charge < -0.3 is 14.9 Å². The molecular weight excluding hydrogens is 306 g/mol. The highest BCUT2D eigenvalue weighted by molar-refractivity contribution is 5.97. The Bertz CT molecular complexity index is 661. The Hall–Kier alpha value is -1.92. The molecular formula is C18H25N3O3. The lowest BCUT2D eigenvalue weighted by atomic mass is 10.0. The van der Waals surface area contributed by atoms with E-state index in [-0.39, 0.29) is 18.4 Å². The molecule has 6 heteroatoms. The highest BCUT2D eigenvalue weighted by Gasteiger charge is 2.46. The largest absolute Gasteiger partial charge is 0.394 e. The van der Waals surface area contributed by atoms with Gasteiger partial charge >= 0.3 is 0 Å². The van der Waals surface area contributed by atoms with Crippen molar-refractivity contribution < 1.29 is 14.7 Å². The molecule has 0 saturated carbocycles. The van der Waals surface area contributed by atoms with E-state index in [1.165, 1.54) is 21.6 Å². The number of aliphatic hydroxyl groups is 1. The first kappa shape index (κ1) is 16.9. The third-order valence-corrected chi connectivity index (χ3v) is 5.20. The van der Waals surface area contributed by atoms with Crippen LogP contribution in [0.1, 0.15) is 16.7 Å². The van der Waals surface area contributed by atoms with Crippen LogP contribution in [0.2, 0.25) is 0 Å². The molecule has 0 spiro atoms. The molecule has 3 rings (SSSR count). The molecule has 130 valence electrons. The Balaban J connectivity index is 1.75. The molecule has 0 aliphatic carbocycles. The van der Waals surface area contributed by atoms with Crippen molar-refractivity contribution in [2.45, 2.75) is 32.5 Å². The summed E-state index contributed by atoms with van der Waals surface area (Å²) in [5.41, 5.74) is 3.73. The van der Waals surface area contributed by atoms with E-state index in [0.29, 0.717) is 13.1 Å². The molecule has 2 saturated heterocycles. The zero-order chi connectivity index (χ0) is 17.4. The van der Waals surface area contributed by atoms with Crippen molar-refractivity contribution in [1.29, 1.82) is 0 Å². The zero-order valence-electron chi connectivity index (χ0n) is 14.5. The van der Waals surface area contributed by atoms with Crippen LogP contribution in [0.3, 0.4) is 0 Å². The van der Waals surface area contributed by atoms with Crippen molar-refractivity contribution in [3.05, 3.63) is 34.9 Å². The molecule has 24 heavy (non-hydrogen) atoms. The molecule has 6 nitrogen and oxygen atoms in total. The van der Waals surface area contributed by atoms with Gasteiger partial charge in [0.2, 0.25) is 11.8 Å². The van der Waals surface area contributed by atoms with Crippen LogP contribution in [0.4, 0.5) is 0 Å². The first-order valence-electron chi connectivity index (χ1n) is 8.39. The topological polar surface area (TPSA) is 64.1 Å². The number of aliphatic hydroxyl groups excluding tert-OH is 1. The minimum Gasteiger partial charge on any atom is -0.394 e. The first-order valence-corrected chi connectivity index (χ1v) is 8.39. The monoisotopic (exact) mass is 331 g/mol. The van der Waals surface area contributed by atoms with Gasteiger partial charge in [0.05, 0.1) is 6.61 Å². The summed E-state index contributed by atoms with van der Waals surface area (Å²) in [5, 5.41) is 9.39. The summed E-state index contributed by atoms with van der Waals surface area (Å²) in [4.78, 5) is 30.3. The van der Waals surface area contributed by atoms with Crippen LogP contribution in [0, 0.1) is 13.8 Å². The van der Waals surface area contributed by atoms with Crippen LogP contribution in [-0.4, -0.2) is 77.0 Å². The maximum Gasteiger partial charge on any atom is 0.248 e. The van der Waals surface area contributed by atoms with Gasteiger partial charge in [-0.1, -0.05) is 23.8 Å². The number of fused-ring (bicyclic) bond motifs is 1. The second-order valence-corrected chi connectivity index (χ2v) is 6.86. The number of piperazine rings is 2. The van der Waals surface area contributed by atoms with Crippen LogP contribution in [0.25, 0.3) is 0 Å². The molecule has 2 atom stereocenters. The molecule has 1 aromatic rings. The van der Waals surface area contributed by atoms with Crippen molar-refractivity contribution in [1.82, 2.24) is 14.7 Å². The second-order valence-electron chi connectivity index (χ2n) is 6.86. The number of hydrogen-bond acceptors (Lipinski definition) is 4. The predicted octanol–water partition coefficient (Wildman–Crippen LogP) is 0.149. The highest BCUT2D eigenvalue weighted by Crippen LogP contribution is 2.23. The average Bonchev–Trinajstić information content (AvgIpc) is 2.56. The van der Waals surface area contributed by atoms with E-state index in [2.05, 4.69) is 36.9 Å². The summed E-state index contributed by atoms with van der Waals surface area (Å²) in [7, 11) is 1.60. The number of aryl methyl sites for hydroxylation is 2. The van der Waals surface area contributed by atoms with Crippen LogP contribution in [0.15, 0.2) is 18.2 Å². The molecule has 2 aliphatic rings. The molecule has 2 amide bonds. The number of nitrogens with zero attached hydrogens (tertiary/aromatic N) is 3. The predicted molar refractivity (Wildman–Crippen MR) is 90.3 cm³/mol. The lowest BCUT2D eigenvalue weighted by molar-refractivity contribution is -0.165. The van der Waals surface area contributed by atoms with Crippen molar-refractivity contribution in [3.63, 3.8) is 0 Å². The molecule has 0 unspecified atom stereocenters. The van der Waals surface area contributed by atoms with Gasteiger partial charge in [0.25, 0.3) is 0 Å². The van der Waals surface area contributed by atoms with E-state index in [9.17, 15) is 14.7 Å². The van der Waals surface area contributed by atoms with Gasteiger partial charge in [-0.05, 0) is 25.0 Å². The van der Waals surface area contributed by atoms with Gasteiger partial charge in [-0.2, -0.15) is 0 Å². The Kier molecular flexibility index (Phi) is 4.60. The van der Waals surface area contributed by atoms with Crippen molar-refractivity contribution in [3.8, 4) is 0 Å². The van der Waals surface area contributed by atoms with Gasteiger partial charge in [-0.15, -0.1) is 0 Å². The number of likely N-dealkylation sites (N-methyl/N-ethyl adjacent to an activating group) is 1. The van der Waals surface area contributed by atoms with Crippen LogP contribution in [-0.2, 0) is 16.1 Å². The maximum atomic E-state index is 12.6. The Morgan fingerprint density at radius 3 is 2.62 bits per heavy atom. The van der Waals surface area contributed by atoms with E-state index in [1.54, 1.807) is 11.9 Å². The summed E-state index contributed by atoms with van der Waals surface area (Å²) in [6.07, 6.45) is 0. The third-order valence-electron chi connectivity index (χ3n) is 5.20. The van der Waals surface area contributed by atoms with E-state index in [1.807, 2.05) is 0 Å². The van der Waals surface area contributed by atoms with E-state index in [4.69, 9.17) is 0 Å². The zero-order valence-corrected chi connectivity index (χ0v) is 14.5. The first-order chi connectivity index (χ1) is 11.4. The SMILES string of the molecule is Cc1ccc(C)c(CN2CCN3C(=O)[C@H](CO)N(C)C(=O)[C@H]3C2)c1. The summed E-state index contributed by atoms with van der Waals surface area (Å²) in [6, 6.07) is 5.23. The number of benzene rings is 1. The van der Waals surface area contributed by atoms with E-state index >= 15 is 0 Å². The van der Waals surface area contributed by atoms with Crippen LogP contribution in [0.5, 0.6) is 0 Å². The van der Waals surface area contributed by atoms with Crippen LogP contribution < -0.4 is 0 Å². The number of hydrogen-bond donors (Lipinski definition) is 1. The van der Waals surface area contributed by atoms with Crippen molar-refractivity contribution in [2.75, 3.05) is 33.3 Å². The van der Waals surface area contributed by atoms with Crippen LogP contribution >= 0.6 is 0 Å². The number of amides is 2. The quantitative estimate of drug-likeness (QED) is 0.856. The molecule has 0 radical (unpaired) electrons. The summed E-state index contributed by atoms with van der Waals surface area (Å²) >= 11 is 0. The average molecular weight is 331 g/mol. The van der Waals surface area contributed by atoms with Gasteiger partial charge in [0.1, 0.15) is 12.1 Å².